The molecule has 6 heteroatoms. The van der Waals surface area contributed by atoms with Gasteiger partial charge in [0.2, 0.25) is 0 Å². The molecule has 0 unspecified atom stereocenters. The molecule has 2 rings (SSSR count). The van der Waals surface area contributed by atoms with Crippen LogP contribution in [0.25, 0.3) is 0 Å². The monoisotopic (exact) mass is 280 g/mol. The molecule has 0 saturated heterocycles. The first kappa shape index (κ1) is 13.9. The number of carbonyl (C=O) groups is 2. The van der Waals surface area contributed by atoms with E-state index in [1.165, 1.54) is 24.8 Å². The Morgan fingerprint density at radius 3 is 2.63 bits per heavy atom. The normalized spacial score (nSPS) is 16.5. The average molecular weight is 280 g/mol. The minimum atomic E-state index is -1.09. The van der Waals surface area contributed by atoms with Gasteiger partial charge in [0.25, 0.3) is 5.91 Å². The van der Waals surface area contributed by atoms with E-state index in [0.29, 0.717) is 12.1 Å². The van der Waals surface area contributed by atoms with Crippen molar-refractivity contribution in [3.05, 3.63) is 29.6 Å². The predicted molar refractivity (Wildman–Crippen MR) is 73.6 cm³/mol. The fraction of sp³-hybridized carbons (Fsp3) is 0.462. The van der Waals surface area contributed by atoms with Crippen LogP contribution in [0.15, 0.2) is 18.3 Å². The fourth-order valence-electron chi connectivity index (χ4n) is 2.02. The summed E-state index contributed by atoms with van der Waals surface area (Å²) >= 11 is 1.79. The SMILES string of the molecule is CSC1(CNC(=O)c2ccc(C(=O)O)nc2)CCC1. The number of pyridine rings is 1. The van der Waals surface area contributed by atoms with E-state index in [2.05, 4.69) is 16.6 Å². The van der Waals surface area contributed by atoms with Crippen molar-refractivity contribution in [1.82, 2.24) is 10.3 Å². The van der Waals surface area contributed by atoms with Gasteiger partial charge in [-0.25, -0.2) is 9.78 Å². The third kappa shape index (κ3) is 3.07. The number of rotatable bonds is 5. The lowest BCUT2D eigenvalue weighted by molar-refractivity contribution is 0.0689. The van der Waals surface area contributed by atoms with E-state index in [4.69, 9.17) is 5.11 Å². The summed E-state index contributed by atoms with van der Waals surface area (Å²) in [6.45, 7) is 0.647. The summed E-state index contributed by atoms with van der Waals surface area (Å²) in [5.41, 5.74) is 0.330. The molecule has 0 aliphatic heterocycles. The Hall–Kier alpha value is -1.56. The molecule has 1 saturated carbocycles. The Bertz CT molecular complexity index is 478. The van der Waals surface area contributed by atoms with Crippen LogP contribution in [0.4, 0.5) is 0 Å². The number of carboxylic acids is 1. The summed E-state index contributed by atoms with van der Waals surface area (Å²) in [6.07, 6.45) is 6.83. The van der Waals surface area contributed by atoms with Gasteiger partial charge in [-0.15, -0.1) is 0 Å². The number of carbonyl (C=O) groups excluding carboxylic acids is 1. The molecule has 1 amide bonds. The summed E-state index contributed by atoms with van der Waals surface area (Å²) < 4.78 is 0.185. The Balaban J connectivity index is 1.94. The molecule has 0 radical (unpaired) electrons. The van der Waals surface area contributed by atoms with E-state index in [9.17, 15) is 9.59 Å². The van der Waals surface area contributed by atoms with Crippen LogP contribution in [-0.4, -0.2) is 39.5 Å². The summed E-state index contributed by atoms with van der Waals surface area (Å²) in [7, 11) is 0. The van der Waals surface area contributed by atoms with Crippen LogP contribution in [0.5, 0.6) is 0 Å². The number of thioether (sulfide) groups is 1. The number of nitrogens with zero attached hydrogens (tertiary/aromatic N) is 1. The lowest BCUT2D eigenvalue weighted by atomic mass is 9.84. The number of aromatic nitrogens is 1. The van der Waals surface area contributed by atoms with Crippen molar-refractivity contribution in [2.24, 2.45) is 0 Å². The molecule has 1 heterocycles. The third-order valence-corrected chi connectivity index (χ3v) is 4.93. The number of hydrogen-bond donors (Lipinski definition) is 2. The smallest absolute Gasteiger partial charge is 0.354 e. The second kappa shape index (κ2) is 5.61. The van der Waals surface area contributed by atoms with Gasteiger partial charge in [0, 0.05) is 17.5 Å². The lowest BCUT2D eigenvalue weighted by Crippen LogP contribution is -2.45. The lowest BCUT2D eigenvalue weighted by Gasteiger charge is -2.40. The van der Waals surface area contributed by atoms with Crippen LogP contribution < -0.4 is 5.32 Å². The molecule has 0 spiro atoms. The van der Waals surface area contributed by atoms with Crippen LogP contribution in [0.3, 0.4) is 0 Å². The molecule has 19 heavy (non-hydrogen) atoms. The second-order valence-corrected chi connectivity index (χ2v) is 5.93. The number of hydrogen-bond acceptors (Lipinski definition) is 4. The highest BCUT2D eigenvalue weighted by molar-refractivity contribution is 8.00. The van der Waals surface area contributed by atoms with Gasteiger partial charge in [-0.1, -0.05) is 6.42 Å². The van der Waals surface area contributed by atoms with E-state index in [1.807, 2.05) is 0 Å². The highest BCUT2D eigenvalue weighted by Gasteiger charge is 2.36. The van der Waals surface area contributed by atoms with Gasteiger partial charge >= 0.3 is 5.97 Å². The number of aromatic carboxylic acids is 1. The molecule has 1 fully saturated rings. The van der Waals surface area contributed by atoms with E-state index >= 15 is 0 Å². The Morgan fingerprint density at radius 2 is 2.21 bits per heavy atom. The van der Waals surface area contributed by atoms with Gasteiger partial charge in [-0.2, -0.15) is 11.8 Å². The Morgan fingerprint density at radius 1 is 1.47 bits per heavy atom. The third-order valence-electron chi connectivity index (χ3n) is 3.51. The van der Waals surface area contributed by atoms with Crippen LogP contribution in [0.2, 0.25) is 0 Å². The largest absolute Gasteiger partial charge is 0.477 e. The molecule has 1 aliphatic carbocycles. The van der Waals surface area contributed by atoms with Gasteiger partial charge in [-0.05, 0) is 31.2 Å². The molecule has 1 aromatic heterocycles. The highest BCUT2D eigenvalue weighted by atomic mass is 32.2. The predicted octanol–water partition coefficient (Wildman–Crippen LogP) is 1.80. The minimum Gasteiger partial charge on any atom is -0.477 e. The van der Waals surface area contributed by atoms with Crippen molar-refractivity contribution in [1.29, 1.82) is 0 Å². The number of carboxylic acid groups (broad SMARTS) is 1. The molecule has 1 aliphatic rings. The summed E-state index contributed by atoms with van der Waals surface area (Å²) in [5.74, 6) is -1.30. The topological polar surface area (TPSA) is 79.3 Å². The molecule has 1 aromatic rings. The fourth-order valence-corrected chi connectivity index (χ4v) is 2.94. The molecular formula is C13H16N2O3S. The highest BCUT2D eigenvalue weighted by Crippen LogP contribution is 2.42. The van der Waals surface area contributed by atoms with Crippen LogP contribution >= 0.6 is 11.8 Å². The van der Waals surface area contributed by atoms with Gasteiger partial charge in [-0.3, -0.25) is 4.79 Å². The first-order valence-corrected chi connectivity index (χ1v) is 7.31. The van der Waals surface area contributed by atoms with Gasteiger partial charge in [0.05, 0.1) is 5.56 Å². The Kier molecular flexibility index (Phi) is 4.09. The van der Waals surface area contributed by atoms with Crippen molar-refractivity contribution >= 4 is 23.6 Å². The molecule has 102 valence electrons. The molecule has 0 atom stereocenters. The standard InChI is InChI=1S/C13H16N2O3S/c1-19-13(5-2-6-13)8-15-11(16)9-3-4-10(12(17)18)14-7-9/h3-4,7H,2,5-6,8H2,1H3,(H,15,16)(H,17,18). The van der Waals surface area contributed by atoms with Crippen molar-refractivity contribution in [2.75, 3.05) is 12.8 Å². The Labute approximate surface area is 115 Å². The average Bonchev–Trinajstić information content (AvgIpc) is 2.38. The molecule has 0 bridgehead atoms. The van der Waals surface area contributed by atoms with Crippen LogP contribution in [-0.2, 0) is 0 Å². The van der Waals surface area contributed by atoms with Gasteiger partial charge < -0.3 is 10.4 Å². The van der Waals surface area contributed by atoms with E-state index in [0.717, 1.165) is 12.8 Å². The van der Waals surface area contributed by atoms with Gasteiger partial charge in [0.15, 0.2) is 0 Å². The summed E-state index contributed by atoms with van der Waals surface area (Å²) in [5, 5.41) is 11.6. The van der Waals surface area contributed by atoms with Crippen molar-refractivity contribution in [3.63, 3.8) is 0 Å². The minimum absolute atomic E-state index is 0.0591. The maximum absolute atomic E-state index is 11.9. The zero-order chi connectivity index (χ0) is 13.9. The van der Waals surface area contributed by atoms with E-state index in [1.54, 1.807) is 11.8 Å². The summed E-state index contributed by atoms with van der Waals surface area (Å²) in [6, 6.07) is 2.82. The zero-order valence-electron chi connectivity index (χ0n) is 10.7. The molecule has 2 N–H and O–H groups in total. The first-order valence-electron chi connectivity index (χ1n) is 6.09. The van der Waals surface area contributed by atoms with E-state index in [-0.39, 0.29) is 16.3 Å². The molecule has 0 aromatic carbocycles. The maximum Gasteiger partial charge on any atom is 0.354 e. The van der Waals surface area contributed by atoms with Crippen molar-refractivity contribution < 1.29 is 14.7 Å². The van der Waals surface area contributed by atoms with Crippen molar-refractivity contribution in [2.45, 2.75) is 24.0 Å². The molecule has 5 nitrogen and oxygen atoms in total. The van der Waals surface area contributed by atoms with Crippen LogP contribution in [0.1, 0.15) is 40.1 Å². The first-order chi connectivity index (χ1) is 9.06. The van der Waals surface area contributed by atoms with Gasteiger partial charge in [0.1, 0.15) is 5.69 Å². The van der Waals surface area contributed by atoms with Crippen LogP contribution in [0, 0.1) is 0 Å². The van der Waals surface area contributed by atoms with E-state index < -0.39 is 5.97 Å². The quantitative estimate of drug-likeness (QED) is 0.859. The summed E-state index contributed by atoms with van der Waals surface area (Å²) in [4.78, 5) is 26.3. The second-order valence-electron chi connectivity index (χ2n) is 4.66. The van der Waals surface area contributed by atoms with Crippen molar-refractivity contribution in [3.8, 4) is 0 Å². The maximum atomic E-state index is 11.9. The number of nitrogens with one attached hydrogen (secondary N) is 1. The zero-order valence-corrected chi connectivity index (χ0v) is 11.5. The number of amides is 1. The molecular weight excluding hydrogens is 264 g/mol.